The third kappa shape index (κ3) is 2.93. The molecule has 1 aliphatic rings. The van der Waals surface area contributed by atoms with Gasteiger partial charge < -0.3 is 5.32 Å². The number of rotatable bonds is 4. The maximum Gasteiger partial charge on any atom is 0.146 e. The molecule has 1 nitrogen and oxygen atoms in total. The Balaban J connectivity index is 1.88. The minimum absolute atomic E-state index is 0.0106. The minimum Gasteiger partial charge on any atom is -0.376 e. The van der Waals surface area contributed by atoms with Gasteiger partial charge in [-0.25, -0.2) is 8.78 Å². The molecule has 1 fully saturated rings. The van der Waals surface area contributed by atoms with Crippen molar-refractivity contribution in [2.24, 2.45) is 5.92 Å². The quantitative estimate of drug-likeness (QED) is 0.819. The van der Waals surface area contributed by atoms with Gasteiger partial charge in [-0.15, -0.1) is 0 Å². The van der Waals surface area contributed by atoms with Gasteiger partial charge in [0.2, 0.25) is 0 Å². The molecular formula is C16H14ClF2N. The van der Waals surface area contributed by atoms with Crippen molar-refractivity contribution < 1.29 is 8.78 Å². The van der Waals surface area contributed by atoms with Crippen LogP contribution in [0.5, 0.6) is 0 Å². The maximum absolute atomic E-state index is 13.8. The average Bonchev–Trinajstić information content (AvgIpc) is 3.25. The van der Waals surface area contributed by atoms with Crippen LogP contribution in [0, 0.1) is 17.6 Å². The van der Waals surface area contributed by atoms with Crippen LogP contribution in [0.4, 0.5) is 14.5 Å². The molecule has 0 amide bonds. The van der Waals surface area contributed by atoms with Crippen LogP contribution in [-0.4, -0.2) is 0 Å². The van der Waals surface area contributed by atoms with E-state index in [0.717, 1.165) is 18.4 Å². The molecule has 1 saturated carbocycles. The Kier molecular flexibility index (Phi) is 3.62. The SMILES string of the molecule is Fc1ccc(C(Nc2cc(Cl)ccc2F)C2CC2)cc1. The zero-order valence-corrected chi connectivity index (χ0v) is 11.5. The summed E-state index contributed by atoms with van der Waals surface area (Å²) < 4.78 is 26.8. The lowest BCUT2D eigenvalue weighted by Gasteiger charge is -2.20. The van der Waals surface area contributed by atoms with Crippen LogP contribution in [0.3, 0.4) is 0 Å². The highest BCUT2D eigenvalue weighted by atomic mass is 35.5. The van der Waals surface area contributed by atoms with Gasteiger partial charge in [0.25, 0.3) is 0 Å². The Labute approximate surface area is 121 Å². The Bertz CT molecular complexity index is 608. The van der Waals surface area contributed by atoms with Gasteiger partial charge in [0.15, 0.2) is 0 Å². The summed E-state index contributed by atoms with van der Waals surface area (Å²) in [7, 11) is 0. The Hall–Kier alpha value is -1.61. The number of anilines is 1. The predicted molar refractivity (Wildman–Crippen MR) is 76.9 cm³/mol. The summed E-state index contributed by atoms with van der Waals surface area (Å²) in [6.45, 7) is 0. The zero-order chi connectivity index (χ0) is 14.1. The molecule has 0 heterocycles. The first-order valence-corrected chi connectivity index (χ1v) is 6.98. The number of hydrogen-bond acceptors (Lipinski definition) is 1. The molecule has 0 aliphatic heterocycles. The van der Waals surface area contributed by atoms with E-state index in [0.29, 0.717) is 16.6 Å². The van der Waals surface area contributed by atoms with Crippen LogP contribution in [0.15, 0.2) is 42.5 Å². The number of benzene rings is 2. The topological polar surface area (TPSA) is 12.0 Å². The first-order valence-electron chi connectivity index (χ1n) is 6.60. The van der Waals surface area contributed by atoms with Gasteiger partial charge in [0, 0.05) is 5.02 Å². The molecule has 4 heteroatoms. The van der Waals surface area contributed by atoms with Crippen molar-refractivity contribution in [3.05, 3.63) is 64.7 Å². The molecule has 3 rings (SSSR count). The summed E-state index contributed by atoms with van der Waals surface area (Å²) in [5, 5.41) is 3.69. The van der Waals surface area contributed by atoms with Gasteiger partial charge >= 0.3 is 0 Å². The van der Waals surface area contributed by atoms with E-state index in [1.165, 1.54) is 24.3 Å². The number of hydrogen-bond donors (Lipinski definition) is 1. The van der Waals surface area contributed by atoms with E-state index < -0.39 is 0 Å². The Morgan fingerprint density at radius 3 is 2.40 bits per heavy atom. The lowest BCUT2D eigenvalue weighted by atomic mass is 10.0. The third-order valence-corrected chi connectivity index (χ3v) is 3.80. The second-order valence-corrected chi connectivity index (χ2v) is 5.57. The molecular weight excluding hydrogens is 280 g/mol. The summed E-state index contributed by atoms with van der Waals surface area (Å²) in [5.41, 5.74) is 1.35. The van der Waals surface area contributed by atoms with Crippen LogP contribution in [0.25, 0.3) is 0 Å². The fraction of sp³-hybridized carbons (Fsp3) is 0.250. The van der Waals surface area contributed by atoms with Gasteiger partial charge in [-0.3, -0.25) is 0 Å². The molecule has 104 valence electrons. The van der Waals surface area contributed by atoms with Crippen molar-refractivity contribution in [2.75, 3.05) is 5.32 Å². The predicted octanol–water partition coefficient (Wildman–Crippen LogP) is 5.18. The molecule has 0 aromatic heterocycles. The molecule has 2 aromatic carbocycles. The van der Waals surface area contributed by atoms with Crippen LogP contribution in [-0.2, 0) is 0 Å². The summed E-state index contributed by atoms with van der Waals surface area (Å²) in [5.74, 6) is -0.141. The van der Waals surface area contributed by atoms with Crippen molar-refractivity contribution in [3.8, 4) is 0 Å². The number of halogens is 3. The smallest absolute Gasteiger partial charge is 0.146 e. The molecule has 0 radical (unpaired) electrons. The van der Waals surface area contributed by atoms with Crippen molar-refractivity contribution >= 4 is 17.3 Å². The van der Waals surface area contributed by atoms with Gasteiger partial charge in [-0.05, 0) is 54.7 Å². The standard InChI is InChI=1S/C16H14ClF2N/c17-12-5-8-14(19)15(9-12)20-16(10-1-2-10)11-3-6-13(18)7-4-11/h3-10,16,20H,1-2H2. The first-order chi connectivity index (χ1) is 9.63. The fourth-order valence-corrected chi connectivity index (χ4v) is 2.52. The summed E-state index contributed by atoms with van der Waals surface area (Å²) in [6.07, 6.45) is 2.19. The molecule has 0 bridgehead atoms. The van der Waals surface area contributed by atoms with Gasteiger partial charge in [-0.1, -0.05) is 23.7 Å². The highest BCUT2D eigenvalue weighted by molar-refractivity contribution is 6.30. The van der Waals surface area contributed by atoms with Crippen LogP contribution >= 0.6 is 11.6 Å². The van der Waals surface area contributed by atoms with Crippen LogP contribution in [0.1, 0.15) is 24.4 Å². The largest absolute Gasteiger partial charge is 0.376 e. The monoisotopic (exact) mass is 293 g/mol. The lowest BCUT2D eigenvalue weighted by Crippen LogP contribution is -2.14. The molecule has 1 N–H and O–H groups in total. The van der Waals surface area contributed by atoms with E-state index in [2.05, 4.69) is 5.32 Å². The second kappa shape index (κ2) is 5.41. The molecule has 1 unspecified atom stereocenters. The van der Waals surface area contributed by atoms with Crippen molar-refractivity contribution in [2.45, 2.75) is 18.9 Å². The van der Waals surface area contributed by atoms with E-state index in [-0.39, 0.29) is 17.7 Å². The summed E-state index contributed by atoms with van der Waals surface area (Å²) >= 11 is 5.91. The molecule has 20 heavy (non-hydrogen) atoms. The average molecular weight is 294 g/mol. The molecule has 0 spiro atoms. The Morgan fingerprint density at radius 1 is 1.05 bits per heavy atom. The van der Waals surface area contributed by atoms with Gasteiger partial charge in [0.05, 0.1) is 11.7 Å². The molecule has 2 aromatic rings. The highest BCUT2D eigenvalue weighted by Gasteiger charge is 2.32. The van der Waals surface area contributed by atoms with Crippen LogP contribution in [0.2, 0.25) is 5.02 Å². The van der Waals surface area contributed by atoms with E-state index in [9.17, 15) is 8.78 Å². The van der Waals surface area contributed by atoms with Gasteiger partial charge in [0.1, 0.15) is 11.6 Å². The third-order valence-electron chi connectivity index (χ3n) is 3.56. The van der Waals surface area contributed by atoms with E-state index in [4.69, 9.17) is 11.6 Å². The van der Waals surface area contributed by atoms with E-state index >= 15 is 0 Å². The highest BCUT2D eigenvalue weighted by Crippen LogP contribution is 2.43. The molecule has 0 saturated heterocycles. The van der Waals surface area contributed by atoms with Crippen molar-refractivity contribution in [1.82, 2.24) is 0 Å². The first kappa shape index (κ1) is 13.4. The summed E-state index contributed by atoms with van der Waals surface area (Å²) in [4.78, 5) is 0. The van der Waals surface area contributed by atoms with E-state index in [1.54, 1.807) is 18.2 Å². The maximum atomic E-state index is 13.8. The fourth-order valence-electron chi connectivity index (χ4n) is 2.35. The molecule has 1 aliphatic carbocycles. The van der Waals surface area contributed by atoms with Crippen molar-refractivity contribution in [3.63, 3.8) is 0 Å². The second-order valence-electron chi connectivity index (χ2n) is 5.14. The van der Waals surface area contributed by atoms with Crippen LogP contribution < -0.4 is 5.32 Å². The van der Waals surface area contributed by atoms with Crippen molar-refractivity contribution in [1.29, 1.82) is 0 Å². The normalized spacial score (nSPS) is 15.9. The zero-order valence-electron chi connectivity index (χ0n) is 10.7. The lowest BCUT2D eigenvalue weighted by molar-refractivity contribution is 0.611. The molecule has 1 atom stereocenters. The summed E-state index contributed by atoms with van der Waals surface area (Å²) in [6, 6.07) is 10.8. The van der Waals surface area contributed by atoms with Gasteiger partial charge in [-0.2, -0.15) is 0 Å². The number of nitrogens with one attached hydrogen (secondary N) is 1. The minimum atomic E-state index is -0.331. The Morgan fingerprint density at radius 2 is 1.75 bits per heavy atom. The van der Waals surface area contributed by atoms with E-state index in [1.807, 2.05) is 0 Å².